The largest absolute Gasteiger partial charge is 0.507 e. The molecular weight excluding hydrogens is 326 g/mol. The lowest BCUT2D eigenvalue weighted by atomic mass is 10.1. The number of esters is 1. The zero-order valence-corrected chi connectivity index (χ0v) is 13.7. The van der Waals surface area contributed by atoms with E-state index in [0.717, 1.165) is 5.56 Å². The highest BCUT2D eigenvalue weighted by Crippen LogP contribution is 2.34. The van der Waals surface area contributed by atoms with E-state index in [1.165, 1.54) is 19.1 Å². The summed E-state index contributed by atoms with van der Waals surface area (Å²) in [5.41, 5.74) is 1.31. The van der Waals surface area contributed by atoms with E-state index in [-0.39, 0.29) is 18.1 Å². The number of nitrogens with one attached hydrogen (secondary N) is 1. The van der Waals surface area contributed by atoms with E-state index in [9.17, 15) is 14.7 Å². The molecule has 2 N–H and O–H groups in total. The molecule has 2 aromatic rings. The Bertz CT molecular complexity index is 832. The Labute approximate surface area is 144 Å². The Morgan fingerprint density at radius 3 is 2.72 bits per heavy atom. The van der Waals surface area contributed by atoms with Crippen LogP contribution in [0.5, 0.6) is 17.2 Å². The fraction of sp³-hybridized carbons (Fsp3) is 0.222. The van der Waals surface area contributed by atoms with Crippen LogP contribution >= 0.6 is 0 Å². The van der Waals surface area contributed by atoms with Gasteiger partial charge >= 0.3 is 5.97 Å². The van der Waals surface area contributed by atoms with Crippen molar-refractivity contribution in [3.8, 4) is 17.2 Å². The van der Waals surface area contributed by atoms with Crippen LogP contribution in [0.2, 0.25) is 0 Å². The number of carbonyl (C=O) groups excluding carboxylic acids is 2. The minimum Gasteiger partial charge on any atom is -0.507 e. The van der Waals surface area contributed by atoms with Crippen LogP contribution in [0.15, 0.2) is 36.4 Å². The van der Waals surface area contributed by atoms with Crippen LogP contribution in [-0.2, 0) is 9.53 Å². The van der Waals surface area contributed by atoms with Crippen LogP contribution < -0.4 is 14.8 Å². The first-order chi connectivity index (χ1) is 11.9. The molecule has 0 radical (unpaired) electrons. The number of hydrogen-bond donors (Lipinski definition) is 2. The zero-order valence-electron chi connectivity index (χ0n) is 13.7. The highest BCUT2D eigenvalue weighted by atomic mass is 16.7. The summed E-state index contributed by atoms with van der Waals surface area (Å²) in [6.07, 6.45) is -1.04. The highest BCUT2D eigenvalue weighted by Gasteiger charge is 2.22. The van der Waals surface area contributed by atoms with E-state index in [1.54, 1.807) is 31.2 Å². The second kappa shape index (κ2) is 6.72. The minimum absolute atomic E-state index is 0.0164. The lowest BCUT2D eigenvalue weighted by Gasteiger charge is -2.14. The van der Waals surface area contributed by atoms with Crippen LogP contribution in [0.3, 0.4) is 0 Å². The molecule has 3 rings (SSSR count). The first kappa shape index (κ1) is 16.6. The predicted molar refractivity (Wildman–Crippen MR) is 88.9 cm³/mol. The maximum absolute atomic E-state index is 12.2. The lowest BCUT2D eigenvalue weighted by molar-refractivity contribution is -0.123. The quantitative estimate of drug-likeness (QED) is 0.829. The van der Waals surface area contributed by atoms with E-state index >= 15 is 0 Å². The molecule has 7 nitrogen and oxygen atoms in total. The van der Waals surface area contributed by atoms with Gasteiger partial charge in [0.2, 0.25) is 6.79 Å². The van der Waals surface area contributed by atoms with Gasteiger partial charge in [0, 0.05) is 11.8 Å². The number of aryl methyl sites for hydroxylation is 1. The molecule has 25 heavy (non-hydrogen) atoms. The molecule has 0 bridgehead atoms. The van der Waals surface area contributed by atoms with Gasteiger partial charge in [-0.05, 0) is 38.1 Å². The number of phenols is 1. The Balaban J connectivity index is 1.64. The summed E-state index contributed by atoms with van der Waals surface area (Å²) in [5, 5.41) is 12.4. The standard InChI is InChI=1S/C18H17NO6/c1-10-3-5-14(20)13(7-10)18(22)25-11(2)17(21)19-12-4-6-15-16(8-12)24-9-23-15/h3-8,11,20H,9H2,1-2H3,(H,19,21)/t11-/m1/s1. The molecule has 1 atom stereocenters. The number of rotatable bonds is 4. The molecule has 0 aromatic heterocycles. The third kappa shape index (κ3) is 3.65. The van der Waals surface area contributed by atoms with Crippen LogP contribution in [-0.4, -0.2) is 29.9 Å². The molecule has 1 amide bonds. The van der Waals surface area contributed by atoms with Crippen LogP contribution in [0.1, 0.15) is 22.8 Å². The summed E-state index contributed by atoms with van der Waals surface area (Å²) >= 11 is 0. The average molecular weight is 343 g/mol. The molecule has 1 heterocycles. The van der Waals surface area contributed by atoms with E-state index in [4.69, 9.17) is 14.2 Å². The Hall–Kier alpha value is -3.22. The van der Waals surface area contributed by atoms with Crippen LogP contribution in [0, 0.1) is 6.92 Å². The van der Waals surface area contributed by atoms with E-state index < -0.39 is 18.0 Å². The number of benzene rings is 2. The molecule has 0 saturated heterocycles. The van der Waals surface area contributed by atoms with Gasteiger partial charge in [-0.1, -0.05) is 11.6 Å². The second-order valence-corrected chi connectivity index (χ2v) is 5.63. The molecule has 1 aliphatic rings. The Morgan fingerprint density at radius 1 is 1.16 bits per heavy atom. The number of ether oxygens (including phenoxy) is 3. The van der Waals surface area contributed by atoms with Crippen LogP contribution in [0.25, 0.3) is 0 Å². The molecule has 0 fully saturated rings. The normalized spacial score (nSPS) is 13.2. The SMILES string of the molecule is Cc1ccc(O)c(C(=O)O[C@H](C)C(=O)Nc2ccc3c(c2)OCO3)c1. The fourth-order valence-corrected chi connectivity index (χ4v) is 2.31. The van der Waals surface area contributed by atoms with Crippen LogP contribution in [0.4, 0.5) is 5.69 Å². The van der Waals surface area contributed by atoms with Gasteiger partial charge in [0.25, 0.3) is 5.91 Å². The van der Waals surface area contributed by atoms with E-state index in [1.807, 2.05) is 0 Å². The molecule has 130 valence electrons. The topological polar surface area (TPSA) is 94.1 Å². The third-order valence-corrected chi connectivity index (χ3v) is 3.67. The maximum atomic E-state index is 12.2. The maximum Gasteiger partial charge on any atom is 0.342 e. The summed E-state index contributed by atoms with van der Waals surface area (Å²) in [6, 6.07) is 9.54. The van der Waals surface area contributed by atoms with Crippen molar-refractivity contribution in [2.24, 2.45) is 0 Å². The predicted octanol–water partition coefficient (Wildman–Crippen LogP) is 2.61. The third-order valence-electron chi connectivity index (χ3n) is 3.67. The van der Waals surface area contributed by atoms with Crippen molar-refractivity contribution >= 4 is 17.6 Å². The number of anilines is 1. The van der Waals surface area contributed by atoms with Crippen molar-refractivity contribution in [3.63, 3.8) is 0 Å². The summed E-state index contributed by atoms with van der Waals surface area (Å²) in [5.74, 6) is -0.326. The van der Waals surface area contributed by atoms with Gasteiger partial charge in [-0.25, -0.2) is 4.79 Å². The van der Waals surface area contributed by atoms with Crippen molar-refractivity contribution in [1.29, 1.82) is 0 Å². The molecule has 0 unspecified atom stereocenters. The van der Waals surface area contributed by atoms with Gasteiger partial charge in [0.1, 0.15) is 11.3 Å². The van der Waals surface area contributed by atoms with Gasteiger partial charge in [0.15, 0.2) is 17.6 Å². The van der Waals surface area contributed by atoms with Gasteiger partial charge in [0.05, 0.1) is 0 Å². The fourth-order valence-electron chi connectivity index (χ4n) is 2.31. The van der Waals surface area contributed by atoms with Crippen molar-refractivity contribution < 1.29 is 28.9 Å². The number of hydrogen-bond acceptors (Lipinski definition) is 6. The lowest BCUT2D eigenvalue weighted by Crippen LogP contribution is -2.30. The molecule has 0 spiro atoms. The Kier molecular flexibility index (Phi) is 4.47. The number of carbonyl (C=O) groups is 2. The van der Waals surface area contributed by atoms with Crippen molar-refractivity contribution in [3.05, 3.63) is 47.5 Å². The van der Waals surface area contributed by atoms with Crippen molar-refractivity contribution in [2.45, 2.75) is 20.0 Å². The summed E-state index contributed by atoms with van der Waals surface area (Å²) in [6.45, 7) is 3.37. The number of phenolic OH excluding ortho intramolecular Hbond substituents is 1. The van der Waals surface area contributed by atoms with E-state index in [0.29, 0.717) is 17.2 Å². The highest BCUT2D eigenvalue weighted by molar-refractivity contribution is 5.98. The average Bonchev–Trinajstić information content (AvgIpc) is 3.04. The van der Waals surface area contributed by atoms with E-state index in [2.05, 4.69) is 5.32 Å². The molecular formula is C18H17NO6. The number of amides is 1. The smallest absolute Gasteiger partial charge is 0.342 e. The molecule has 1 aliphatic heterocycles. The number of fused-ring (bicyclic) bond motifs is 1. The van der Waals surface area contributed by atoms with Gasteiger partial charge in [-0.3, -0.25) is 4.79 Å². The number of aromatic hydroxyl groups is 1. The molecule has 2 aromatic carbocycles. The van der Waals surface area contributed by atoms with Gasteiger partial charge in [-0.15, -0.1) is 0 Å². The van der Waals surface area contributed by atoms with Crippen molar-refractivity contribution in [2.75, 3.05) is 12.1 Å². The first-order valence-electron chi connectivity index (χ1n) is 7.65. The minimum atomic E-state index is -1.04. The Morgan fingerprint density at radius 2 is 1.92 bits per heavy atom. The first-order valence-corrected chi connectivity index (χ1v) is 7.65. The molecule has 7 heteroatoms. The summed E-state index contributed by atoms with van der Waals surface area (Å²) in [7, 11) is 0. The molecule has 0 aliphatic carbocycles. The van der Waals surface area contributed by atoms with Gasteiger partial charge in [-0.2, -0.15) is 0 Å². The van der Waals surface area contributed by atoms with Gasteiger partial charge < -0.3 is 24.6 Å². The van der Waals surface area contributed by atoms with Crippen molar-refractivity contribution in [1.82, 2.24) is 0 Å². The summed E-state index contributed by atoms with van der Waals surface area (Å²) in [4.78, 5) is 24.3. The zero-order chi connectivity index (χ0) is 18.0. The summed E-state index contributed by atoms with van der Waals surface area (Å²) < 4.78 is 15.6. The molecule has 0 saturated carbocycles. The monoisotopic (exact) mass is 343 g/mol. The second-order valence-electron chi connectivity index (χ2n) is 5.63.